The molecule has 1 aromatic heterocycles. The van der Waals surface area contributed by atoms with Crippen LogP contribution in [-0.4, -0.2) is 6.61 Å². The third-order valence-corrected chi connectivity index (χ3v) is 4.61. The largest absolute Gasteiger partial charge is 0.493 e. The van der Waals surface area contributed by atoms with Crippen LogP contribution in [0.15, 0.2) is 35.7 Å². The second kappa shape index (κ2) is 5.76. The van der Waals surface area contributed by atoms with Crippen molar-refractivity contribution < 1.29 is 4.74 Å². The molecule has 1 aliphatic rings. The number of fused-ring (bicyclic) bond motifs is 1. The molecule has 2 aromatic rings. The van der Waals surface area contributed by atoms with Gasteiger partial charge in [-0.1, -0.05) is 12.1 Å². The summed E-state index contributed by atoms with van der Waals surface area (Å²) in [6.45, 7) is 0.731. The van der Waals surface area contributed by atoms with E-state index in [1.165, 1.54) is 22.4 Å². The van der Waals surface area contributed by atoms with Crippen LogP contribution in [0.25, 0.3) is 0 Å². The highest BCUT2D eigenvalue weighted by atomic mass is 32.1. The van der Waals surface area contributed by atoms with Crippen molar-refractivity contribution >= 4 is 11.3 Å². The minimum atomic E-state index is 0.185. The first-order valence-corrected chi connectivity index (χ1v) is 7.74. The molecule has 19 heavy (non-hydrogen) atoms. The smallest absolute Gasteiger partial charge is 0.119 e. The molecule has 0 fully saturated rings. The Morgan fingerprint density at radius 2 is 2.26 bits per heavy atom. The lowest BCUT2D eigenvalue weighted by molar-refractivity contribution is 0.322. The van der Waals surface area contributed by atoms with Crippen LogP contribution in [0.2, 0.25) is 0 Å². The van der Waals surface area contributed by atoms with Crippen molar-refractivity contribution in [1.82, 2.24) is 0 Å². The van der Waals surface area contributed by atoms with Crippen molar-refractivity contribution in [1.29, 1.82) is 0 Å². The van der Waals surface area contributed by atoms with Gasteiger partial charge in [-0.25, -0.2) is 0 Å². The second-order valence-corrected chi connectivity index (χ2v) is 6.07. The molecule has 0 saturated carbocycles. The average Bonchev–Trinajstić information content (AvgIpc) is 2.93. The van der Waals surface area contributed by atoms with Gasteiger partial charge >= 0.3 is 0 Å². The van der Waals surface area contributed by atoms with Crippen LogP contribution >= 0.6 is 11.3 Å². The highest BCUT2D eigenvalue weighted by Crippen LogP contribution is 2.30. The van der Waals surface area contributed by atoms with Gasteiger partial charge in [0.15, 0.2) is 0 Å². The van der Waals surface area contributed by atoms with Crippen LogP contribution in [0.1, 0.15) is 34.9 Å². The van der Waals surface area contributed by atoms with E-state index >= 15 is 0 Å². The summed E-state index contributed by atoms with van der Waals surface area (Å²) in [5.41, 5.74) is 8.84. The maximum Gasteiger partial charge on any atom is 0.119 e. The fourth-order valence-corrected chi connectivity index (χ4v) is 3.32. The van der Waals surface area contributed by atoms with Crippen LogP contribution in [0.5, 0.6) is 5.75 Å². The maximum atomic E-state index is 6.17. The number of rotatable bonds is 4. The van der Waals surface area contributed by atoms with Crippen molar-refractivity contribution in [2.45, 2.75) is 31.7 Å². The number of aryl methyl sites for hydroxylation is 1. The van der Waals surface area contributed by atoms with E-state index in [2.05, 4.69) is 35.7 Å². The lowest BCUT2D eigenvalue weighted by Gasteiger charge is -2.22. The quantitative estimate of drug-likeness (QED) is 0.921. The molecule has 2 nitrogen and oxygen atoms in total. The molecule has 0 radical (unpaired) electrons. The number of nitrogens with two attached hydrogens (primary N) is 1. The summed E-state index contributed by atoms with van der Waals surface area (Å²) < 4.78 is 5.84. The first-order valence-electron chi connectivity index (χ1n) is 6.86. The van der Waals surface area contributed by atoms with E-state index in [1.807, 2.05) is 0 Å². The first-order chi connectivity index (χ1) is 9.33. The van der Waals surface area contributed by atoms with Gasteiger partial charge in [0.25, 0.3) is 0 Å². The second-order valence-electron chi connectivity index (χ2n) is 5.04. The fraction of sp³-hybridized carbons (Fsp3) is 0.375. The molecule has 3 heteroatoms. The van der Waals surface area contributed by atoms with Crippen LogP contribution in [0.4, 0.5) is 0 Å². The molecule has 0 amide bonds. The van der Waals surface area contributed by atoms with Gasteiger partial charge in [0.2, 0.25) is 0 Å². The number of benzene rings is 1. The van der Waals surface area contributed by atoms with Gasteiger partial charge in [-0.05, 0) is 54.0 Å². The van der Waals surface area contributed by atoms with E-state index in [-0.39, 0.29) is 6.04 Å². The third kappa shape index (κ3) is 2.99. The SMILES string of the molecule is NC1CCCc2ccc(OCCc3cccs3)cc21. The molecule has 0 spiro atoms. The Bertz CT molecular complexity index is 536. The standard InChI is InChI=1S/C16H19NOS/c17-16-5-1-3-12-6-7-13(11-15(12)16)18-9-8-14-4-2-10-19-14/h2,4,6-7,10-11,16H,1,3,5,8-9,17H2. The van der Waals surface area contributed by atoms with Gasteiger partial charge in [0.05, 0.1) is 6.61 Å². The molecule has 0 saturated heterocycles. The Labute approximate surface area is 118 Å². The van der Waals surface area contributed by atoms with Gasteiger partial charge in [0.1, 0.15) is 5.75 Å². The molecule has 2 N–H and O–H groups in total. The van der Waals surface area contributed by atoms with Crippen LogP contribution in [0, 0.1) is 0 Å². The number of ether oxygens (including phenoxy) is 1. The fourth-order valence-electron chi connectivity index (χ4n) is 2.63. The van der Waals surface area contributed by atoms with Crippen LogP contribution in [-0.2, 0) is 12.8 Å². The zero-order chi connectivity index (χ0) is 13.1. The van der Waals surface area contributed by atoms with E-state index in [0.717, 1.165) is 31.6 Å². The third-order valence-electron chi connectivity index (χ3n) is 3.68. The van der Waals surface area contributed by atoms with Crippen molar-refractivity contribution in [2.75, 3.05) is 6.61 Å². The zero-order valence-corrected chi connectivity index (χ0v) is 11.8. The number of thiophene rings is 1. The molecule has 1 aromatic carbocycles. The summed E-state index contributed by atoms with van der Waals surface area (Å²) in [4.78, 5) is 1.37. The van der Waals surface area contributed by atoms with Crippen molar-refractivity contribution in [3.63, 3.8) is 0 Å². The lowest BCUT2D eigenvalue weighted by Crippen LogP contribution is -2.17. The van der Waals surface area contributed by atoms with Crippen molar-refractivity contribution in [2.24, 2.45) is 5.73 Å². The molecule has 0 aliphatic heterocycles. The zero-order valence-electron chi connectivity index (χ0n) is 11.0. The van der Waals surface area contributed by atoms with E-state index in [9.17, 15) is 0 Å². The lowest BCUT2D eigenvalue weighted by atomic mass is 9.88. The van der Waals surface area contributed by atoms with Crippen LogP contribution < -0.4 is 10.5 Å². The molecular weight excluding hydrogens is 254 g/mol. The van der Waals surface area contributed by atoms with Gasteiger partial charge < -0.3 is 10.5 Å². The summed E-state index contributed by atoms with van der Waals surface area (Å²) in [7, 11) is 0. The van der Waals surface area contributed by atoms with Gasteiger partial charge in [-0.15, -0.1) is 11.3 Å². The Kier molecular flexibility index (Phi) is 3.85. The predicted molar refractivity (Wildman–Crippen MR) is 79.8 cm³/mol. The molecule has 1 aliphatic carbocycles. The van der Waals surface area contributed by atoms with E-state index in [0.29, 0.717) is 0 Å². The van der Waals surface area contributed by atoms with Crippen molar-refractivity contribution in [3.8, 4) is 5.75 Å². The molecule has 0 bridgehead atoms. The van der Waals surface area contributed by atoms with E-state index in [4.69, 9.17) is 10.5 Å². The molecule has 1 atom stereocenters. The molecule has 3 rings (SSSR count). The summed E-state index contributed by atoms with van der Waals surface area (Å²) in [5, 5.41) is 2.10. The summed E-state index contributed by atoms with van der Waals surface area (Å²) >= 11 is 1.78. The van der Waals surface area contributed by atoms with Gasteiger partial charge in [0, 0.05) is 17.3 Å². The predicted octanol–water partition coefficient (Wildman–Crippen LogP) is 3.71. The average molecular weight is 273 g/mol. The molecule has 1 heterocycles. The van der Waals surface area contributed by atoms with Gasteiger partial charge in [-0.2, -0.15) is 0 Å². The molecule has 100 valence electrons. The Balaban J connectivity index is 1.63. The van der Waals surface area contributed by atoms with E-state index in [1.54, 1.807) is 11.3 Å². The topological polar surface area (TPSA) is 35.2 Å². The first kappa shape index (κ1) is 12.7. The van der Waals surface area contributed by atoms with E-state index < -0.39 is 0 Å². The highest BCUT2D eigenvalue weighted by molar-refractivity contribution is 7.09. The molecule has 1 unspecified atom stereocenters. The Morgan fingerprint density at radius 3 is 3.11 bits per heavy atom. The minimum absolute atomic E-state index is 0.185. The monoisotopic (exact) mass is 273 g/mol. The summed E-state index contributed by atoms with van der Waals surface area (Å²) in [6, 6.07) is 10.8. The minimum Gasteiger partial charge on any atom is -0.493 e. The molecular formula is C16H19NOS. The van der Waals surface area contributed by atoms with Gasteiger partial charge in [-0.3, -0.25) is 0 Å². The van der Waals surface area contributed by atoms with Crippen molar-refractivity contribution in [3.05, 3.63) is 51.7 Å². The van der Waals surface area contributed by atoms with Crippen LogP contribution in [0.3, 0.4) is 0 Å². The Hall–Kier alpha value is -1.32. The highest BCUT2D eigenvalue weighted by Gasteiger charge is 2.17. The summed E-state index contributed by atoms with van der Waals surface area (Å²) in [5.74, 6) is 0.952. The number of hydrogen-bond acceptors (Lipinski definition) is 3. The normalized spacial score (nSPS) is 18.1. The summed E-state index contributed by atoms with van der Waals surface area (Å²) in [6.07, 6.45) is 4.41. The number of hydrogen-bond donors (Lipinski definition) is 1. The maximum absolute atomic E-state index is 6.17. The Morgan fingerprint density at radius 1 is 1.32 bits per heavy atom.